The summed E-state index contributed by atoms with van der Waals surface area (Å²) in [5, 5.41) is 3.84. The van der Waals surface area contributed by atoms with Gasteiger partial charge in [-0.3, -0.25) is 9.78 Å². The fourth-order valence-electron chi connectivity index (χ4n) is 1.68. The Labute approximate surface area is 107 Å². The van der Waals surface area contributed by atoms with E-state index in [1.807, 2.05) is 12.2 Å². The van der Waals surface area contributed by atoms with Crippen molar-refractivity contribution >= 4 is 17.0 Å². The molecule has 0 amide bonds. The van der Waals surface area contributed by atoms with E-state index < -0.39 is 11.2 Å². The first-order valence-electron chi connectivity index (χ1n) is 5.64. The highest BCUT2D eigenvalue weighted by Crippen LogP contribution is 2.10. The molecule has 0 unspecified atom stereocenters. The van der Waals surface area contributed by atoms with E-state index in [9.17, 15) is 9.59 Å². The largest absolute Gasteiger partial charge is 0.326 e. The van der Waals surface area contributed by atoms with Crippen LogP contribution in [0.3, 0.4) is 0 Å². The van der Waals surface area contributed by atoms with Gasteiger partial charge >= 0.3 is 5.69 Å². The van der Waals surface area contributed by atoms with Crippen molar-refractivity contribution in [2.75, 3.05) is 6.54 Å². The summed E-state index contributed by atoms with van der Waals surface area (Å²) in [6, 6.07) is 5.16. The minimum atomic E-state index is -0.518. The van der Waals surface area contributed by atoms with Crippen LogP contribution < -0.4 is 11.2 Å². The fourth-order valence-corrected chi connectivity index (χ4v) is 1.68. The van der Waals surface area contributed by atoms with Crippen molar-refractivity contribution in [3.8, 4) is 0 Å². The summed E-state index contributed by atoms with van der Waals surface area (Å²) < 4.78 is 0. The third-order valence-corrected chi connectivity index (χ3v) is 2.53. The average Bonchev–Trinajstić information content (AvgIpc) is 2.39. The second-order valence-electron chi connectivity index (χ2n) is 3.86. The minimum absolute atomic E-state index is 0.397. The van der Waals surface area contributed by atoms with Crippen LogP contribution in [-0.4, -0.2) is 16.5 Å². The standard InChI is InChI=1S/C12H11N5O2/c13-17-14-6-2-1-3-8-4-5-10-9(7-8)11(18)16-12(19)15-10/h1,3-5,7H,2,6H2,(H2,15,16,18,19). The van der Waals surface area contributed by atoms with Gasteiger partial charge < -0.3 is 4.98 Å². The summed E-state index contributed by atoms with van der Waals surface area (Å²) in [6.07, 6.45) is 4.32. The Kier molecular flexibility index (Phi) is 3.80. The molecule has 0 bridgehead atoms. The molecule has 2 rings (SSSR count). The molecule has 96 valence electrons. The van der Waals surface area contributed by atoms with Crippen molar-refractivity contribution in [2.24, 2.45) is 5.11 Å². The van der Waals surface area contributed by atoms with Gasteiger partial charge in [-0.1, -0.05) is 23.3 Å². The van der Waals surface area contributed by atoms with Crippen LogP contribution >= 0.6 is 0 Å². The van der Waals surface area contributed by atoms with Crippen molar-refractivity contribution in [3.63, 3.8) is 0 Å². The lowest BCUT2D eigenvalue weighted by atomic mass is 10.1. The SMILES string of the molecule is [N-]=[N+]=NCCC=Cc1ccc2[nH]c(=O)[nH]c(=O)c2c1. The topological polar surface area (TPSA) is 114 Å². The maximum absolute atomic E-state index is 11.6. The van der Waals surface area contributed by atoms with Crippen LogP contribution in [0.25, 0.3) is 27.4 Å². The molecule has 7 heteroatoms. The fraction of sp³-hybridized carbons (Fsp3) is 0.167. The molecule has 0 aliphatic heterocycles. The minimum Gasteiger partial charge on any atom is -0.307 e. The molecule has 0 saturated heterocycles. The summed E-state index contributed by atoms with van der Waals surface area (Å²) in [4.78, 5) is 30.1. The zero-order valence-electron chi connectivity index (χ0n) is 9.96. The third kappa shape index (κ3) is 3.11. The molecule has 19 heavy (non-hydrogen) atoms. The van der Waals surface area contributed by atoms with Gasteiger partial charge in [0.2, 0.25) is 0 Å². The highest BCUT2D eigenvalue weighted by atomic mass is 16.2. The number of H-pyrrole nitrogens is 2. The van der Waals surface area contributed by atoms with Gasteiger partial charge in [0, 0.05) is 11.5 Å². The van der Waals surface area contributed by atoms with Crippen molar-refractivity contribution < 1.29 is 0 Å². The van der Waals surface area contributed by atoms with Crippen LogP contribution in [0.2, 0.25) is 0 Å². The number of aromatic nitrogens is 2. The Morgan fingerprint density at radius 2 is 2.16 bits per heavy atom. The number of nitrogens with zero attached hydrogens (tertiary/aromatic N) is 3. The van der Waals surface area contributed by atoms with Crippen LogP contribution in [-0.2, 0) is 0 Å². The molecular weight excluding hydrogens is 246 g/mol. The van der Waals surface area contributed by atoms with Gasteiger partial charge in [-0.05, 0) is 29.6 Å². The van der Waals surface area contributed by atoms with Crippen LogP contribution in [0.15, 0.2) is 39.0 Å². The van der Waals surface area contributed by atoms with Crippen molar-refractivity contribution in [1.29, 1.82) is 0 Å². The van der Waals surface area contributed by atoms with Crippen molar-refractivity contribution in [3.05, 3.63) is 61.1 Å². The molecular formula is C12H11N5O2. The number of hydrogen-bond donors (Lipinski definition) is 2. The molecule has 1 aromatic carbocycles. The van der Waals surface area contributed by atoms with E-state index in [-0.39, 0.29) is 0 Å². The van der Waals surface area contributed by atoms with Gasteiger partial charge in [-0.2, -0.15) is 0 Å². The summed E-state index contributed by atoms with van der Waals surface area (Å²) in [7, 11) is 0. The smallest absolute Gasteiger partial charge is 0.307 e. The van der Waals surface area contributed by atoms with Crippen molar-refractivity contribution in [1.82, 2.24) is 9.97 Å². The van der Waals surface area contributed by atoms with Gasteiger partial charge in [-0.25, -0.2) is 4.79 Å². The molecule has 0 spiro atoms. The molecule has 0 atom stereocenters. The van der Waals surface area contributed by atoms with Crippen molar-refractivity contribution in [2.45, 2.75) is 6.42 Å². The summed E-state index contributed by atoms with van der Waals surface area (Å²) in [5.74, 6) is 0. The van der Waals surface area contributed by atoms with E-state index in [4.69, 9.17) is 5.53 Å². The molecule has 1 heterocycles. The van der Waals surface area contributed by atoms with Crippen LogP contribution in [0.4, 0.5) is 0 Å². The highest BCUT2D eigenvalue weighted by Gasteiger charge is 2.00. The quantitative estimate of drug-likeness (QED) is 0.377. The molecule has 2 aromatic rings. The summed E-state index contributed by atoms with van der Waals surface area (Å²) >= 11 is 0. The molecule has 7 nitrogen and oxygen atoms in total. The maximum atomic E-state index is 11.6. The first kappa shape index (κ1) is 12.7. The van der Waals surface area contributed by atoms with E-state index in [1.54, 1.807) is 18.2 Å². The number of fused-ring (bicyclic) bond motifs is 1. The Bertz CT molecular complexity index is 781. The van der Waals surface area contributed by atoms with E-state index in [1.165, 1.54) is 0 Å². The predicted octanol–water partition coefficient (Wildman–Crippen LogP) is 1.93. The summed E-state index contributed by atoms with van der Waals surface area (Å²) in [6.45, 7) is 0.397. The summed E-state index contributed by atoms with van der Waals surface area (Å²) in [5.41, 5.74) is 8.53. The molecule has 0 saturated carbocycles. The predicted molar refractivity (Wildman–Crippen MR) is 72.9 cm³/mol. The lowest BCUT2D eigenvalue weighted by Gasteiger charge is -1.98. The molecule has 0 radical (unpaired) electrons. The lowest BCUT2D eigenvalue weighted by Crippen LogP contribution is -2.21. The van der Waals surface area contributed by atoms with E-state index in [2.05, 4.69) is 20.0 Å². The van der Waals surface area contributed by atoms with Gasteiger partial charge in [0.1, 0.15) is 0 Å². The van der Waals surface area contributed by atoms with Gasteiger partial charge in [0.05, 0.1) is 10.9 Å². The zero-order valence-corrected chi connectivity index (χ0v) is 9.96. The molecule has 2 N–H and O–H groups in total. The molecule has 1 aromatic heterocycles. The first-order chi connectivity index (χ1) is 9.20. The number of benzene rings is 1. The third-order valence-electron chi connectivity index (χ3n) is 2.53. The normalized spacial score (nSPS) is 10.7. The van der Waals surface area contributed by atoms with E-state index in [0.717, 1.165) is 5.56 Å². The van der Waals surface area contributed by atoms with E-state index in [0.29, 0.717) is 23.9 Å². The Morgan fingerprint density at radius 3 is 2.95 bits per heavy atom. The van der Waals surface area contributed by atoms with Crippen LogP contribution in [0, 0.1) is 0 Å². The number of rotatable bonds is 4. The number of hydrogen-bond acceptors (Lipinski definition) is 3. The number of azide groups is 1. The highest BCUT2D eigenvalue weighted by molar-refractivity contribution is 5.80. The number of nitrogens with one attached hydrogen (secondary N) is 2. The van der Waals surface area contributed by atoms with Gasteiger partial charge in [0.15, 0.2) is 0 Å². The second kappa shape index (κ2) is 5.70. The monoisotopic (exact) mass is 257 g/mol. The van der Waals surface area contributed by atoms with Crippen LogP contribution in [0.5, 0.6) is 0 Å². The number of aromatic amines is 2. The Morgan fingerprint density at radius 1 is 1.32 bits per heavy atom. The molecule has 0 aliphatic rings. The first-order valence-corrected chi connectivity index (χ1v) is 5.64. The molecule has 0 fully saturated rings. The van der Waals surface area contributed by atoms with Gasteiger partial charge in [-0.15, -0.1) is 0 Å². The lowest BCUT2D eigenvalue weighted by molar-refractivity contribution is 0.996. The molecule has 0 aliphatic carbocycles. The Balaban J connectivity index is 2.29. The average molecular weight is 257 g/mol. The zero-order chi connectivity index (χ0) is 13.7. The van der Waals surface area contributed by atoms with Gasteiger partial charge in [0.25, 0.3) is 5.56 Å². The Hall–Kier alpha value is -2.79. The second-order valence-corrected chi connectivity index (χ2v) is 3.86. The maximum Gasteiger partial charge on any atom is 0.326 e. The van der Waals surface area contributed by atoms with Crippen LogP contribution in [0.1, 0.15) is 12.0 Å². The van der Waals surface area contributed by atoms with E-state index >= 15 is 0 Å².